The fourth-order valence-corrected chi connectivity index (χ4v) is 3.57. The van der Waals surface area contributed by atoms with E-state index in [4.69, 9.17) is 18.9 Å². The van der Waals surface area contributed by atoms with E-state index in [2.05, 4.69) is 14.1 Å². The van der Waals surface area contributed by atoms with Gasteiger partial charge in [0.1, 0.15) is 42.7 Å². The van der Waals surface area contributed by atoms with E-state index in [1.165, 1.54) is 6.92 Å². The molecule has 0 aromatic rings. The number of aliphatic hydroxyl groups is 4. The van der Waals surface area contributed by atoms with Crippen LogP contribution in [-0.2, 0) is 43.5 Å². The highest BCUT2D eigenvalue weighted by Crippen LogP contribution is 2.32. The van der Waals surface area contributed by atoms with Gasteiger partial charge in [0.2, 0.25) is 10.4 Å². The molecule has 2 fully saturated rings. The van der Waals surface area contributed by atoms with Gasteiger partial charge in [-0.25, -0.2) is 13.3 Å². The highest BCUT2D eigenvalue weighted by atomic mass is 32.3. The van der Waals surface area contributed by atoms with E-state index in [0.29, 0.717) is 0 Å². The van der Waals surface area contributed by atoms with Crippen LogP contribution >= 0.6 is 0 Å². The molecule has 10 atom stereocenters. The summed E-state index contributed by atoms with van der Waals surface area (Å²) in [5.41, 5.74) is 0. The highest BCUT2D eigenvalue weighted by molar-refractivity contribution is 7.80. The van der Waals surface area contributed by atoms with Crippen molar-refractivity contribution >= 4 is 10.4 Å². The molecule has 0 spiro atoms. The van der Waals surface area contributed by atoms with E-state index in [1.54, 1.807) is 0 Å². The Morgan fingerprint density at radius 2 is 1.63 bits per heavy atom. The molecule has 15 nitrogen and oxygen atoms in total. The normalized spacial score (nSPS) is 42.9. The maximum absolute atomic E-state index is 10.8. The lowest BCUT2D eigenvalue weighted by Gasteiger charge is -2.46. The quantitative estimate of drug-likeness (QED) is 0.109. The van der Waals surface area contributed by atoms with Crippen molar-refractivity contribution in [3.63, 3.8) is 0 Å². The van der Waals surface area contributed by atoms with E-state index >= 15 is 0 Å². The van der Waals surface area contributed by atoms with Gasteiger partial charge in [0.15, 0.2) is 12.6 Å². The zero-order valence-corrected chi connectivity index (χ0v) is 16.7. The lowest BCUT2D eigenvalue weighted by Crippen LogP contribution is -2.63. The largest absolute Gasteiger partial charge is 0.726 e. The molecule has 0 aromatic carbocycles. The first-order chi connectivity index (χ1) is 14.0. The number of hydrogen-bond donors (Lipinski definition) is 4. The molecule has 5 unspecified atom stereocenters. The molecular formula is C14H24O15S-2. The lowest BCUT2D eigenvalue weighted by atomic mass is 9.90. The Labute approximate surface area is 171 Å². The van der Waals surface area contributed by atoms with Gasteiger partial charge in [-0.3, -0.25) is 9.22 Å². The van der Waals surface area contributed by atoms with Crippen molar-refractivity contribution in [1.29, 1.82) is 0 Å². The van der Waals surface area contributed by atoms with E-state index in [1.807, 2.05) is 0 Å². The van der Waals surface area contributed by atoms with Gasteiger partial charge in [0, 0.05) is 13.0 Å². The van der Waals surface area contributed by atoms with Crippen LogP contribution in [0.4, 0.5) is 0 Å². The summed E-state index contributed by atoms with van der Waals surface area (Å²) in [6, 6.07) is 0. The minimum Gasteiger partial charge on any atom is -0.726 e. The summed E-state index contributed by atoms with van der Waals surface area (Å²) in [7, 11) is -3.98. The zero-order valence-electron chi connectivity index (χ0n) is 15.9. The summed E-state index contributed by atoms with van der Waals surface area (Å²) < 4.78 is 57.5. The van der Waals surface area contributed by atoms with Crippen LogP contribution in [0.15, 0.2) is 0 Å². The number of aliphatic hydroxyl groups excluding tert-OH is 4. The lowest BCUT2D eigenvalue weighted by molar-refractivity contribution is -0.807. The zero-order chi connectivity index (χ0) is 22.6. The van der Waals surface area contributed by atoms with Crippen LogP contribution in [0.5, 0.6) is 0 Å². The SMILES string of the molecule is CO[C@H]1OC(COS(=O)(=O)[O-])[C@H](OC2OC(CO)[C@H](OO[O-])C(C)[C@@H]2O)C(O)[C@@H]1O. The Kier molecular flexibility index (Phi) is 9.28. The second-order valence-electron chi connectivity index (χ2n) is 6.76. The van der Waals surface area contributed by atoms with Gasteiger partial charge in [0.05, 0.1) is 13.2 Å². The third-order valence-corrected chi connectivity index (χ3v) is 5.31. The first-order valence-corrected chi connectivity index (χ1v) is 10.1. The van der Waals surface area contributed by atoms with Gasteiger partial charge in [-0.2, -0.15) is 0 Å². The average molecular weight is 464 g/mol. The van der Waals surface area contributed by atoms with Crippen molar-refractivity contribution in [3.05, 3.63) is 0 Å². The van der Waals surface area contributed by atoms with E-state index in [9.17, 15) is 38.7 Å². The van der Waals surface area contributed by atoms with E-state index < -0.39 is 84.8 Å². The molecule has 0 radical (unpaired) electrons. The number of rotatable bonds is 9. The summed E-state index contributed by atoms with van der Waals surface area (Å²) in [6.45, 7) is -0.133. The van der Waals surface area contributed by atoms with Crippen LogP contribution in [0.3, 0.4) is 0 Å². The summed E-state index contributed by atoms with van der Waals surface area (Å²) >= 11 is 0. The maximum Gasteiger partial charge on any atom is 0.217 e. The first-order valence-electron chi connectivity index (χ1n) is 8.73. The number of hydrogen-bond acceptors (Lipinski definition) is 15. The van der Waals surface area contributed by atoms with Crippen LogP contribution in [0.1, 0.15) is 6.92 Å². The van der Waals surface area contributed by atoms with Gasteiger partial charge < -0.3 is 49.2 Å². The van der Waals surface area contributed by atoms with Crippen LogP contribution in [0.25, 0.3) is 0 Å². The molecular weight excluding hydrogens is 440 g/mol. The molecule has 0 bridgehead atoms. The van der Waals surface area contributed by atoms with E-state index in [-0.39, 0.29) is 0 Å². The van der Waals surface area contributed by atoms with Gasteiger partial charge in [-0.05, 0) is 0 Å². The molecule has 178 valence electrons. The third-order valence-electron chi connectivity index (χ3n) is 4.88. The Morgan fingerprint density at radius 1 is 1.00 bits per heavy atom. The summed E-state index contributed by atoms with van der Waals surface area (Å²) in [5.74, 6) is -0.870. The van der Waals surface area contributed by atoms with Crippen LogP contribution in [0.2, 0.25) is 0 Å². The number of methoxy groups -OCH3 is 1. The van der Waals surface area contributed by atoms with Crippen molar-refractivity contribution < 1.29 is 71.7 Å². The first kappa shape index (κ1) is 25.7. The van der Waals surface area contributed by atoms with Gasteiger partial charge >= 0.3 is 0 Å². The molecule has 4 N–H and O–H groups in total. The third kappa shape index (κ3) is 6.02. The van der Waals surface area contributed by atoms with Gasteiger partial charge in [-0.15, -0.1) is 0 Å². The fourth-order valence-electron chi connectivity index (χ4n) is 3.27. The highest BCUT2D eigenvalue weighted by Gasteiger charge is 2.50. The molecule has 16 heteroatoms. The Balaban J connectivity index is 2.20. The Morgan fingerprint density at radius 3 is 2.17 bits per heavy atom. The topological polar surface area (TPSA) is 226 Å². The van der Waals surface area contributed by atoms with Crippen LogP contribution in [-0.4, -0.2) is 109 Å². The molecule has 0 amide bonds. The molecule has 2 aliphatic rings. The van der Waals surface area contributed by atoms with Crippen LogP contribution in [0, 0.1) is 5.92 Å². The van der Waals surface area contributed by atoms with Gasteiger partial charge in [0.25, 0.3) is 0 Å². The average Bonchev–Trinajstić information content (AvgIpc) is 2.69. The minimum atomic E-state index is -5.13. The van der Waals surface area contributed by atoms with Crippen LogP contribution < -0.4 is 5.26 Å². The summed E-state index contributed by atoms with van der Waals surface area (Å²) in [5, 5.41) is 54.0. The molecule has 2 aliphatic heterocycles. The van der Waals surface area contributed by atoms with Crippen molar-refractivity contribution in [2.24, 2.45) is 5.92 Å². The standard InChI is InChI=1S/C14H26O15S/c1-5-8(16)14(25-6(3-15)11(5)28-29-19)27-12-7(4-24-30(20,21)22)26-13(23-2)10(18)9(12)17/h5-19H,3-4H2,1-2H3,(H,20,21,22)/p-2/t5?,6?,7?,8-,9?,10-,11+,12-,13-,14?/m0/s1. The predicted molar refractivity (Wildman–Crippen MR) is 85.1 cm³/mol. The molecule has 0 aliphatic carbocycles. The van der Waals surface area contributed by atoms with Crippen molar-refractivity contribution in [1.82, 2.24) is 0 Å². The Hall–Kier alpha value is -0.570. The predicted octanol–water partition coefficient (Wildman–Crippen LogP) is -4.75. The summed E-state index contributed by atoms with van der Waals surface area (Å²) in [6.07, 6.45) is -13.2. The Bertz CT molecular complexity index is 629. The minimum absolute atomic E-state index is 0.663. The van der Waals surface area contributed by atoms with Crippen molar-refractivity contribution in [2.45, 2.75) is 62.2 Å². The second kappa shape index (κ2) is 10.8. The molecule has 0 aromatic heterocycles. The monoisotopic (exact) mass is 464 g/mol. The molecule has 30 heavy (non-hydrogen) atoms. The van der Waals surface area contributed by atoms with E-state index in [0.717, 1.165) is 7.11 Å². The maximum atomic E-state index is 10.8. The van der Waals surface area contributed by atoms with Crippen molar-refractivity contribution in [2.75, 3.05) is 20.3 Å². The van der Waals surface area contributed by atoms with Crippen molar-refractivity contribution in [3.8, 4) is 0 Å². The number of ether oxygens (including phenoxy) is 4. The smallest absolute Gasteiger partial charge is 0.217 e. The van der Waals surface area contributed by atoms with Gasteiger partial charge in [-0.1, -0.05) is 6.92 Å². The molecule has 2 heterocycles. The fraction of sp³-hybridized carbons (Fsp3) is 1.00. The molecule has 2 rings (SSSR count). The summed E-state index contributed by atoms with van der Waals surface area (Å²) in [4.78, 5) is 4.46. The molecule has 2 saturated heterocycles. The molecule has 0 saturated carbocycles. The second-order valence-corrected chi connectivity index (χ2v) is 7.81.